The molecule has 1 atom stereocenters. The van der Waals surface area contributed by atoms with Gasteiger partial charge in [-0.1, -0.05) is 6.07 Å². The number of likely N-dealkylation sites (tertiary alicyclic amines) is 1. The highest BCUT2D eigenvalue weighted by molar-refractivity contribution is 6.18. The van der Waals surface area contributed by atoms with Crippen LogP contribution in [0.2, 0.25) is 0 Å². The molecule has 0 spiro atoms. The monoisotopic (exact) mass is 267 g/mol. The highest BCUT2D eigenvalue weighted by atomic mass is 35.5. The minimum absolute atomic E-state index is 0.0318. The van der Waals surface area contributed by atoms with Gasteiger partial charge in [-0.25, -0.2) is 0 Å². The third-order valence-electron chi connectivity index (χ3n) is 3.52. The van der Waals surface area contributed by atoms with Crippen LogP contribution in [-0.4, -0.2) is 34.4 Å². The maximum Gasteiger partial charge on any atom is 0.254 e. The van der Waals surface area contributed by atoms with Gasteiger partial charge >= 0.3 is 0 Å². The van der Waals surface area contributed by atoms with Crippen LogP contribution in [0.3, 0.4) is 0 Å². The van der Waals surface area contributed by atoms with Crippen molar-refractivity contribution in [3.63, 3.8) is 0 Å². The topological polar surface area (TPSA) is 40.5 Å². The first-order chi connectivity index (χ1) is 8.63. The van der Waals surface area contributed by atoms with Crippen LogP contribution in [0.4, 0.5) is 0 Å². The van der Waals surface area contributed by atoms with E-state index in [0.29, 0.717) is 11.4 Å². The van der Waals surface area contributed by atoms with Gasteiger partial charge in [0.2, 0.25) is 0 Å². The van der Waals surface area contributed by atoms with Gasteiger partial charge in [-0.3, -0.25) is 4.79 Å². The molecule has 1 aliphatic heterocycles. The zero-order valence-corrected chi connectivity index (χ0v) is 11.3. The fourth-order valence-electron chi connectivity index (χ4n) is 2.34. The summed E-state index contributed by atoms with van der Waals surface area (Å²) in [6.07, 6.45) is 3.12. The van der Waals surface area contributed by atoms with Crippen LogP contribution in [-0.2, 0) is 0 Å². The Morgan fingerprint density at radius 1 is 1.50 bits per heavy atom. The smallest absolute Gasteiger partial charge is 0.254 e. The van der Waals surface area contributed by atoms with Crippen LogP contribution in [0.15, 0.2) is 18.2 Å². The van der Waals surface area contributed by atoms with Gasteiger partial charge in [0.05, 0.1) is 0 Å². The lowest BCUT2D eigenvalue weighted by Crippen LogP contribution is -2.44. The van der Waals surface area contributed by atoms with Crippen LogP contribution in [0.1, 0.15) is 35.2 Å². The Hall–Kier alpha value is -1.22. The lowest BCUT2D eigenvalue weighted by Gasteiger charge is -2.34. The standard InChI is InChI=1S/C14H18ClNO2/c1-10-5-6-11(8-13(10)17)14(18)16-7-3-2-4-12(16)9-15/h5-6,8,12,17H,2-4,7,9H2,1H3. The van der Waals surface area contributed by atoms with E-state index in [9.17, 15) is 9.90 Å². The molecule has 4 heteroatoms. The summed E-state index contributed by atoms with van der Waals surface area (Å²) >= 11 is 5.92. The molecule has 0 radical (unpaired) electrons. The number of nitrogens with zero attached hydrogens (tertiary/aromatic N) is 1. The molecule has 1 aromatic carbocycles. The number of rotatable bonds is 2. The summed E-state index contributed by atoms with van der Waals surface area (Å²) < 4.78 is 0. The summed E-state index contributed by atoms with van der Waals surface area (Å²) in [4.78, 5) is 14.2. The highest BCUT2D eigenvalue weighted by Gasteiger charge is 2.26. The molecule has 2 rings (SSSR count). The van der Waals surface area contributed by atoms with Crippen LogP contribution < -0.4 is 0 Å². The number of phenols is 1. The largest absolute Gasteiger partial charge is 0.508 e. The molecule has 0 bridgehead atoms. The van der Waals surface area contributed by atoms with Crippen LogP contribution in [0, 0.1) is 6.92 Å². The Labute approximate surface area is 112 Å². The van der Waals surface area contributed by atoms with E-state index in [1.54, 1.807) is 12.1 Å². The number of amides is 1. The van der Waals surface area contributed by atoms with Gasteiger partial charge in [0.15, 0.2) is 0 Å². The maximum absolute atomic E-state index is 12.4. The lowest BCUT2D eigenvalue weighted by atomic mass is 10.0. The predicted molar refractivity (Wildman–Crippen MR) is 72.2 cm³/mol. The number of aromatic hydroxyl groups is 1. The Morgan fingerprint density at radius 2 is 2.28 bits per heavy atom. The van der Waals surface area contributed by atoms with Crippen molar-refractivity contribution in [2.75, 3.05) is 12.4 Å². The quantitative estimate of drug-likeness (QED) is 0.837. The molecule has 1 aromatic rings. The second kappa shape index (κ2) is 5.61. The first-order valence-electron chi connectivity index (χ1n) is 6.30. The SMILES string of the molecule is Cc1ccc(C(=O)N2CCCCC2CCl)cc1O. The Balaban J connectivity index is 2.21. The summed E-state index contributed by atoms with van der Waals surface area (Å²) in [6.45, 7) is 2.57. The van der Waals surface area contributed by atoms with Gasteiger partial charge in [-0.2, -0.15) is 0 Å². The first-order valence-corrected chi connectivity index (χ1v) is 6.83. The fourth-order valence-corrected chi connectivity index (χ4v) is 2.66. The molecular formula is C14H18ClNO2. The number of alkyl halides is 1. The third-order valence-corrected chi connectivity index (χ3v) is 3.88. The van der Waals surface area contributed by atoms with Crippen molar-refractivity contribution in [1.82, 2.24) is 4.90 Å². The number of carbonyl (C=O) groups excluding carboxylic acids is 1. The van der Waals surface area contributed by atoms with E-state index in [1.807, 2.05) is 11.8 Å². The van der Waals surface area contributed by atoms with Crippen LogP contribution in [0.5, 0.6) is 5.75 Å². The van der Waals surface area contributed by atoms with Crippen LogP contribution >= 0.6 is 11.6 Å². The average molecular weight is 268 g/mol. The zero-order valence-electron chi connectivity index (χ0n) is 10.5. The van der Waals surface area contributed by atoms with Gasteiger partial charge in [0.25, 0.3) is 5.91 Å². The van der Waals surface area contributed by atoms with E-state index >= 15 is 0 Å². The molecule has 1 aliphatic rings. The first kappa shape index (κ1) is 13.2. The number of piperidine rings is 1. The maximum atomic E-state index is 12.4. The Morgan fingerprint density at radius 3 is 2.94 bits per heavy atom. The Kier molecular flexibility index (Phi) is 4.12. The number of carbonyl (C=O) groups is 1. The van der Waals surface area contributed by atoms with Gasteiger partial charge in [-0.05, 0) is 43.9 Å². The van der Waals surface area contributed by atoms with E-state index in [0.717, 1.165) is 31.4 Å². The Bertz CT molecular complexity index is 447. The molecule has 0 aliphatic carbocycles. The molecule has 1 unspecified atom stereocenters. The second-order valence-electron chi connectivity index (χ2n) is 4.80. The highest BCUT2D eigenvalue weighted by Crippen LogP contribution is 2.23. The summed E-state index contributed by atoms with van der Waals surface area (Å²) in [5.74, 6) is 0.611. The van der Waals surface area contributed by atoms with E-state index < -0.39 is 0 Å². The molecular weight excluding hydrogens is 250 g/mol. The zero-order chi connectivity index (χ0) is 13.1. The number of benzene rings is 1. The summed E-state index contributed by atoms with van der Waals surface area (Å²) in [7, 11) is 0. The molecule has 1 amide bonds. The number of hydrogen-bond acceptors (Lipinski definition) is 2. The molecule has 1 N–H and O–H groups in total. The molecule has 1 fully saturated rings. The average Bonchev–Trinajstić information content (AvgIpc) is 2.41. The van der Waals surface area contributed by atoms with Crippen molar-refractivity contribution in [2.24, 2.45) is 0 Å². The van der Waals surface area contributed by atoms with Crippen molar-refractivity contribution < 1.29 is 9.90 Å². The summed E-state index contributed by atoms with van der Waals surface area (Å²) in [5, 5.41) is 9.67. The second-order valence-corrected chi connectivity index (χ2v) is 5.11. The van der Waals surface area contributed by atoms with Gasteiger partial charge in [0.1, 0.15) is 5.75 Å². The minimum atomic E-state index is -0.0318. The molecule has 18 heavy (non-hydrogen) atoms. The molecule has 1 saturated heterocycles. The molecule has 1 heterocycles. The fraction of sp³-hybridized carbons (Fsp3) is 0.500. The van der Waals surface area contributed by atoms with Gasteiger partial charge < -0.3 is 10.0 Å². The van der Waals surface area contributed by atoms with Gasteiger partial charge in [0, 0.05) is 24.0 Å². The lowest BCUT2D eigenvalue weighted by molar-refractivity contribution is 0.0638. The van der Waals surface area contributed by atoms with Crippen molar-refractivity contribution in [3.05, 3.63) is 29.3 Å². The van der Waals surface area contributed by atoms with Crippen molar-refractivity contribution in [1.29, 1.82) is 0 Å². The van der Waals surface area contributed by atoms with E-state index in [2.05, 4.69) is 0 Å². The van der Waals surface area contributed by atoms with Gasteiger partial charge in [-0.15, -0.1) is 11.6 Å². The normalized spacial score (nSPS) is 19.9. The van der Waals surface area contributed by atoms with Crippen molar-refractivity contribution in [3.8, 4) is 5.75 Å². The summed E-state index contributed by atoms with van der Waals surface area (Å²) in [6, 6.07) is 5.19. The van der Waals surface area contributed by atoms with Crippen molar-refractivity contribution in [2.45, 2.75) is 32.2 Å². The number of halogens is 1. The number of hydrogen-bond donors (Lipinski definition) is 1. The predicted octanol–water partition coefficient (Wildman–Crippen LogP) is 2.93. The number of phenolic OH excluding ortho intramolecular Hbond substituents is 1. The van der Waals surface area contributed by atoms with Crippen molar-refractivity contribution >= 4 is 17.5 Å². The minimum Gasteiger partial charge on any atom is -0.508 e. The molecule has 3 nitrogen and oxygen atoms in total. The van der Waals surface area contributed by atoms with E-state index in [4.69, 9.17) is 11.6 Å². The molecule has 98 valence electrons. The summed E-state index contributed by atoms with van der Waals surface area (Å²) in [5.41, 5.74) is 1.31. The van der Waals surface area contributed by atoms with E-state index in [-0.39, 0.29) is 17.7 Å². The molecule has 0 saturated carbocycles. The van der Waals surface area contributed by atoms with E-state index in [1.165, 1.54) is 6.07 Å². The third kappa shape index (κ3) is 2.61. The molecule has 0 aromatic heterocycles. The van der Waals surface area contributed by atoms with Crippen LogP contribution in [0.25, 0.3) is 0 Å². The number of aryl methyl sites for hydroxylation is 1.